The molecule has 3 heterocycles. The Bertz CT molecular complexity index is 903. The number of methoxy groups -OCH3 is 1. The molecule has 0 aromatic carbocycles. The van der Waals surface area contributed by atoms with Crippen LogP contribution >= 0.6 is 23.1 Å². The van der Waals surface area contributed by atoms with E-state index in [0.717, 1.165) is 40.0 Å². The number of furan rings is 1. The maximum atomic E-state index is 12.7. The number of anilines is 1. The summed E-state index contributed by atoms with van der Waals surface area (Å²) in [7, 11) is 1.70. The summed E-state index contributed by atoms with van der Waals surface area (Å²) in [6, 6.07) is 5.72. The fourth-order valence-corrected chi connectivity index (χ4v) is 4.55. The van der Waals surface area contributed by atoms with Gasteiger partial charge in [-0.1, -0.05) is 23.1 Å². The first-order valence-electron chi connectivity index (χ1n) is 9.00. The highest BCUT2D eigenvalue weighted by Crippen LogP contribution is 2.27. The van der Waals surface area contributed by atoms with Gasteiger partial charge in [-0.3, -0.25) is 4.79 Å². The molecular formula is C19H24N4O3S2. The van der Waals surface area contributed by atoms with Gasteiger partial charge in [0.25, 0.3) is 0 Å². The highest BCUT2D eigenvalue weighted by molar-refractivity contribution is 8.01. The van der Waals surface area contributed by atoms with Crippen LogP contribution in [0.2, 0.25) is 0 Å². The summed E-state index contributed by atoms with van der Waals surface area (Å²) in [5.74, 6) is 1.28. The minimum absolute atomic E-state index is 0.108. The second kappa shape index (κ2) is 9.90. The fraction of sp³-hybridized carbons (Fsp3) is 0.421. The molecule has 0 fully saturated rings. The van der Waals surface area contributed by atoms with Crippen LogP contribution in [0, 0.1) is 13.8 Å². The van der Waals surface area contributed by atoms with Gasteiger partial charge >= 0.3 is 0 Å². The molecule has 0 unspecified atom stereocenters. The first-order valence-corrected chi connectivity index (χ1v) is 10.8. The molecule has 1 N–H and O–H groups in total. The first-order chi connectivity index (χ1) is 13.6. The molecule has 0 atom stereocenters. The number of Topliss-reactive ketones (excluding diaryl/α,β-unsaturated/α-hetero) is 1. The highest BCUT2D eigenvalue weighted by Gasteiger charge is 2.17. The van der Waals surface area contributed by atoms with E-state index in [-0.39, 0.29) is 5.78 Å². The third-order valence-corrected chi connectivity index (χ3v) is 6.35. The van der Waals surface area contributed by atoms with E-state index >= 15 is 0 Å². The first kappa shape index (κ1) is 20.6. The monoisotopic (exact) mass is 420 g/mol. The van der Waals surface area contributed by atoms with Gasteiger partial charge < -0.3 is 19.0 Å². The van der Waals surface area contributed by atoms with Crippen LogP contribution in [0.25, 0.3) is 0 Å². The number of thioether (sulfide) groups is 1. The van der Waals surface area contributed by atoms with Crippen molar-refractivity contribution >= 4 is 34.0 Å². The Morgan fingerprint density at radius 1 is 1.39 bits per heavy atom. The van der Waals surface area contributed by atoms with Crippen molar-refractivity contribution in [1.29, 1.82) is 0 Å². The van der Waals surface area contributed by atoms with Crippen molar-refractivity contribution in [2.45, 2.75) is 37.7 Å². The number of hydrogen-bond donors (Lipinski definition) is 1. The molecule has 3 rings (SSSR count). The van der Waals surface area contributed by atoms with Gasteiger partial charge in [-0.2, -0.15) is 0 Å². The van der Waals surface area contributed by atoms with Gasteiger partial charge in [0.15, 0.2) is 10.1 Å². The number of ketones is 1. The average Bonchev–Trinajstić information content (AvgIpc) is 3.41. The maximum Gasteiger partial charge on any atom is 0.206 e. The second-order valence-corrected chi connectivity index (χ2v) is 8.50. The quantitative estimate of drug-likeness (QED) is 0.283. The van der Waals surface area contributed by atoms with E-state index in [1.807, 2.05) is 32.0 Å². The third kappa shape index (κ3) is 5.24. The van der Waals surface area contributed by atoms with Gasteiger partial charge in [0.05, 0.1) is 18.6 Å². The molecule has 0 spiro atoms. The zero-order valence-corrected chi connectivity index (χ0v) is 17.9. The lowest BCUT2D eigenvalue weighted by atomic mass is 10.2. The van der Waals surface area contributed by atoms with Crippen LogP contribution in [-0.4, -0.2) is 40.0 Å². The van der Waals surface area contributed by atoms with Crippen LogP contribution in [0.15, 0.2) is 33.2 Å². The molecule has 0 bridgehead atoms. The Morgan fingerprint density at radius 2 is 2.25 bits per heavy atom. The molecule has 0 aliphatic carbocycles. The normalized spacial score (nSPS) is 11.1. The highest BCUT2D eigenvalue weighted by atomic mass is 32.2. The summed E-state index contributed by atoms with van der Waals surface area (Å²) < 4.78 is 13.3. The molecule has 28 heavy (non-hydrogen) atoms. The van der Waals surface area contributed by atoms with Crippen molar-refractivity contribution in [2.75, 3.05) is 24.8 Å². The summed E-state index contributed by atoms with van der Waals surface area (Å²) in [4.78, 5) is 12.7. The predicted octanol–water partition coefficient (Wildman–Crippen LogP) is 4.17. The number of aromatic nitrogens is 3. The average molecular weight is 421 g/mol. The van der Waals surface area contributed by atoms with Crippen molar-refractivity contribution < 1.29 is 13.9 Å². The molecule has 0 radical (unpaired) electrons. The van der Waals surface area contributed by atoms with E-state index in [9.17, 15) is 4.79 Å². The Hall–Kier alpha value is -2.10. The Kier molecular flexibility index (Phi) is 7.30. The van der Waals surface area contributed by atoms with E-state index in [1.165, 1.54) is 23.1 Å². The van der Waals surface area contributed by atoms with Gasteiger partial charge in [0, 0.05) is 37.2 Å². The molecule has 150 valence electrons. The van der Waals surface area contributed by atoms with Crippen LogP contribution in [0.1, 0.15) is 33.9 Å². The SMILES string of the molecule is COCCCn1c(C)cc(C(=O)CSc2nnc(NCc3ccco3)s2)c1C. The summed E-state index contributed by atoms with van der Waals surface area (Å²) >= 11 is 2.85. The maximum absolute atomic E-state index is 12.7. The minimum Gasteiger partial charge on any atom is -0.467 e. The number of carbonyl (C=O) groups is 1. The molecule has 7 nitrogen and oxygen atoms in total. The van der Waals surface area contributed by atoms with Crippen LogP contribution in [0.4, 0.5) is 5.13 Å². The number of carbonyl (C=O) groups excluding carboxylic acids is 1. The van der Waals surface area contributed by atoms with Crippen molar-refractivity contribution in [1.82, 2.24) is 14.8 Å². The summed E-state index contributed by atoms with van der Waals surface area (Å²) in [6.45, 7) is 6.15. The lowest BCUT2D eigenvalue weighted by Gasteiger charge is -2.09. The van der Waals surface area contributed by atoms with Crippen LogP contribution in [0.3, 0.4) is 0 Å². The van der Waals surface area contributed by atoms with Gasteiger partial charge in [0.2, 0.25) is 5.13 Å². The van der Waals surface area contributed by atoms with E-state index in [2.05, 4.69) is 20.1 Å². The smallest absolute Gasteiger partial charge is 0.206 e. The van der Waals surface area contributed by atoms with Gasteiger partial charge in [0.1, 0.15) is 5.76 Å². The lowest BCUT2D eigenvalue weighted by molar-refractivity contribution is 0.102. The lowest BCUT2D eigenvalue weighted by Crippen LogP contribution is -2.08. The third-order valence-electron chi connectivity index (χ3n) is 4.33. The number of ether oxygens (including phenoxy) is 1. The standard InChI is InChI=1S/C19H24N4O3S2/c1-13-10-16(14(2)23(13)7-5-8-25-3)17(24)12-27-19-22-21-18(28-19)20-11-15-6-4-9-26-15/h4,6,9-10H,5,7-8,11-12H2,1-3H3,(H,20,21). The number of aryl methyl sites for hydroxylation is 1. The molecule has 0 aliphatic heterocycles. The van der Waals surface area contributed by atoms with Gasteiger partial charge in [-0.05, 0) is 38.5 Å². The number of rotatable bonds is 11. The van der Waals surface area contributed by atoms with Crippen molar-refractivity contribution in [2.24, 2.45) is 0 Å². The molecule has 0 saturated heterocycles. The zero-order chi connectivity index (χ0) is 19.9. The second-order valence-electron chi connectivity index (χ2n) is 6.30. The minimum atomic E-state index is 0.108. The summed E-state index contributed by atoms with van der Waals surface area (Å²) in [5.41, 5.74) is 2.89. The van der Waals surface area contributed by atoms with Crippen LogP contribution in [-0.2, 0) is 17.8 Å². The molecule has 0 saturated carbocycles. The Balaban J connectivity index is 1.53. The Morgan fingerprint density at radius 3 is 3.00 bits per heavy atom. The van der Waals surface area contributed by atoms with E-state index in [4.69, 9.17) is 9.15 Å². The van der Waals surface area contributed by atoms with Crippen LogP contribution < -0.4 is 5.32 Å². The van der Waals surface area contributed by atoms with E-state index in [0.29, 0.717) is 24.0 Å². The molecular weight excluding hydrogens is 396 g/mol. The summed E-state index contributed by atoms with van der Waals surface area (Å²) in [6.07, 6.45) is 2.56. The molecule has 0 amide bonds. The summed E-state index contributed by atoms with van der Waals surface area (Å²) in [5, 5.41) is 12.1. The number of hydrogen-bond acceptors (Lipinski definition) is 8. The molecule has 3 aromatic heterocycles. The van der Waals surface area contributed by atoms with E-state index < -0.39 is 0 Å². The van der Waals surface area contributed by atoms with Gasteiger partial charge in [-0.25, -0.2) is 0 Å². The number of nitrogens with one attached hydrogen (secondary N) is 1. The Labute approximate surface area is 172 Å². The number of nitrogens with zero attached hydrogens (tertiary/aromatic N) is 3. The molecule has 9 heteroatoms. The predicted molar refractivity (Wildman–Crippen MR) is 111 cm³/mol. The topological polar surface area (TPSA) is 82.2 Å². The van der Waals surface area contributed by atoms with Crippen molar-refractivity contribution in [3.8, 4) is 0 Å². The molecule has 0 aliphatic rings. The fourth-order valence-electron chi connectivity index (χ4n) is 2.91. The van der Waals surface area contributed by atoms with Crippen molar-refractivity contribution in [3.05, 3.63) is 47.2 Å². The molecule has 3 aromatic rings. The van der Waals surface area contributed by atoms with Gasteiger partial charge in [-0.15, -0.1) is 10.2 Å². The van der Waals surface area contributed by atoms with Crippen molar-refractivity contribution in [3.63, 3.8) is 0 Å². The van der Waals surface area contributed by atoms with Crippen LogP contribution in [0.5, 0.6) is 0 Å². The van der Waals surface area contributed by atoms with E-state index in [1.54, 1.807) is 13.4 Å². The zero-order valence-electron chi connectivity index (χ0n) is 16.2. The largest absolute Gasteiger partial charge is 0.467 e.